The van der Waals surface area contributed by atoms with E-state index in [0.717, 1.165) is 12.0 Å². The second-order valence-corrected chi connectivity index (χ2v) is 4.36. The number of aromatic nitrogens is 1. The third-order valence-electron chi connectivity index (χ3n) is 3.10. The maximum atomic E-state index is 10.6. The summed E-state index contributed by atoms with van der Waals surface area (Å²) in [5.41, 5.74) is 1.39. The zero-order chi connectivity index (χ0) is 11.2. The molecule has 1 heterocycles. The molecule has 1 aromatic heterocycles. The van der Waals surface area contributed by atoms with Crippen LogP contribution in [0.3, 0.4) is 0 Å². The van der Waals surface area contributed by atoms with Gasteiger partial charge >= 0.3 is 0 Å². The van der Waals surface area contributed by atoms with Gasteiger partial charge < -0.3 is 0 Å². The number of allylic oxidation sites excluding steroid dienone is 1. The van der Waals surface area contributed by atoms with E-state index in [-0.39, 0.29) is 0 Å². The Morgan fingerprint density at radius 1 is 1.12 bits per heavy atom. The Hall–Kier alpha value is -1.44. The molecular formula is C14H17NO. The smallest absolute Gasteiger partial charge is 0.168 e. The van der Waals surface area contributed by atoms with Crippen LogP contribution in [0.5, 0.6) is 0 Å². The van der Waals surface area contributed by atoms with Crippen LogP contribution in [0.4, 0.5) is 0 Å². The number of aldehydes is 1. The van der Waals surface area contributed by atoms with Crippen LogP contribution >= 0.6 is 0 Å². The van der Waals surface area contributed by atoms with Crippen molar-refractivity contribution in [3.8, 4) is 0 Å². The Bertz CT molecular complexity index is 378. The van der Waals surface area contributed by atoms with Gasteiger partial charge in [0.05, 0.1) is 5.69 Å². The first kappa shape index (κ1) is 11.1. The number of rotatable bonds is 3. The van der Waals surface area contributed by atoms with E-state index in [4.69, 9.17) is 0 Å². The topological polar surface area (TPSA) is 30.0 Å². The van der Waals surface area contributed by atoms with E-state index in [1.54, 1.807) is 6.07 Å². The quantitative estimate of drug-likeness (QED) is 0.722. The van der Waals surface area contributed by atoms with E-state index >= 15 is 0 Å². The molecule has 16 heavy (non-hydrogen) atoms. The van der Waals surface area contributed by atoms with Crippen LogP contribution in [0.2, 0.25) is 0 Å². The summed E-state index contributed by atoms with van der Waals surface area (Å²) in [7, 11) is 0. The van der Waals surface area contributed by atoms with Crippen molar-refractivity contribution in [1.82, 2.24) is 4.98 Å². The highest BCUT2D eigenvalue weighted by atomic mass is 16.1. The first-order valence-electron chi connectivity index (χ1n) is 5.99. The first-order chi connectivity index (χ1) is 7.88. The number of pyridine rings is 1. The Balaban J connectivity index is 2.01. The first-order valence-corrected chi connectivity index (χ1v) is 5.99. The van der Waals surface area contributed by atoms with Gasteiger partial charge in [-0.1, -0.05) is 31.4 Å². The zero-order valence-electron chi connectivity index (χ0n) is 9.43. The number of carbonyl (C=O) groups excluding carboxylic acids is 1. The Labute approximate surface area is 96.4 Å². The van der Waals surface area contributed by atoms with Crippen LogP contribution in [0, 0.1) is 5.92 Å². The highest BCUT2D eigenvalue weighted by Gasteiger charge is 2.09. The normalized spacial score (nSPS) is 17.8. The summed E-state index contributed by atoms with van der Waals surface area (Å²) in [5, 5.41) is 0. The number of nitrogens with zero attached hydrogens (tertiary/aromatic N) is 1. The van der Waals surface area contributed by atoms with Crippen molar-refractivity contribution in [3.63, 3.8) is 0 Å². The third kappa shape index (κ3) is 3.02. The Morgan fingerprint density at radius 3 is 2.62 bits per heavy atom. The molecule has 0 aliphatic heterocycles. The average molecular weight is 215 g/mol. The van der Waals surface area contributed by atoms with Gasteiger partial charge in [-0.2, -0.15) is 0 Å². The minimum absolute atomic E-state index is 0.505. The maximum Gasteiger partial charge on any atom is 0.168 e. The highest BCUT2D eigenvalue weighted by molar-refractivity contribution is 5.72. The molecule has 2 nitrogen and oxygen atoms in total. The molecule has 0 amide bonds. The van der Waals surface area contributed by atoms with E-state index in [1.165, 1.54) is 32.1 Å². The van der Waals surface area contributed by atoms with Crippen LogP contribution < -0.4 is 0 Å². The van der Waals surface area contributed by atoms with Crippen LogP contribution in [0.1, 0.15) is 48.3 Å². The molecule has 0 spiro atoms. The molecule has 1 fully saturated rings. The molecule has 1 saturated carbocycles. The fraction of sp³-hybridized carbons (Fsp3) is 0.429. The van der Waals surface area contributed by atoms with Gasteiger partial charge in [-0.25, -0.2) is 4.98 Å². The van der Waals surface area contributed by atoms with E-state index in [9.17, 15) is 4.79 Å². The molecule has 2 rings (SSSR count). The summed E-state index contributed by atoms with van der Waals surface area (Å²) >= 11 is 0. The molecule has 1 aliphatic carbocycles. The lowest BCUT2D eigenvalue weighted by atomic mass is 9.89. The molecule has 1 aromatic rings. The van der Waals surface area contributed by atoms with Gasteiger partial charge in [0.2, 0.25) is 0 Å². The lowest BCUT2D eigenvalue weighted by Gasteiger charge is -2.17. The lowest BCUT2D eigenvalue weighted by Crippen LogP contribution is -2.02. The second-order valence-electron chi connectivity index (χ2n) is 4.36. The van der Waals surface area contributed by atoms with Gasteiger partial charge in [0.25, 0.3) is 0 Å². The van der Waals surface area contributed by atoms with Crippen molar-refractivity contribution in [3.05, 3.63) is 35.7 Å². The summed E-state index contributed by atoms with van der Waals surface area (Å²) in [6.45, 7) is 0. The van der Waals surface area contributed by atoms with Gasteiger partial charge in [-0.05, 0) is 37.0 Å². The van der Waals surface area contributed by atoms with Gasteiger partial charge in [0.1, 0.15) is 5.69 Å². The molecule has 0 atom stereocenters. The fourth-order valence-electron chi connectivity index (χ4n) is 2.19. The van der Waals surface area contributed by atoms with Crippen LogP contribution in [-0.4, -0.2) is 11.3 Å². The Kier molecular flexibility index (Phi) is 3.86. The standard InChI is InChI=1S/C14H17NO/c16-11-14-8-4-7-13(15-14)10-9-12-5-2-1-3-6-12/h4,7-12H,1-3,5-6H2/b10-9+. The fourth-order valence-corrected chi connectivity index (χ4v) is 2.19. The van der Waals surface area contributed by atoms with Crippen LogP contribution in [0.15, 0.2) is 24.3 Å². The monoisotopic (exact) mass is 215 g/mol. The van der Waals surface area contributed by atoms with Gasteiger partial charge in [0.15, 0.2) is 6.29 Å². The van der Waals surface area contributed by atoms with Crippen molar-refractivity contribution < 1.29 is 4.79 Å². The summed E-state index contributed by atoms with van der Waals surface area (Å²) in [6.07, 6.45) is 11.7. The molecule has 0 radical (unpaired) electrons. The van der Waals surface area contributed by atoms with Gasteiger partial charge in [-0.15, -0.1) is 0 Å². The van der Waals surface area contributed by atoms with E-state index in [1.807, 2.05) is 18.2 Å². The second kappa shape index (κ2) is 5.59. The lowest BCUT2D eigenvalue weighted by molar-refractivity contribution is 0.111. The van der Waals surface area contributed by atoms with E-state index < -0.39 is 0 Å². The highest BCUT2D eigenvalue weighted by Crippen LogP contribution is 2.25. The van der Waals surface area contributed by atoms with Gasteiger partial charge in [0, 0.05) is 0 Å². The van der Waals surface area contributed by atoms with Crippen LogP contribution in [0.25, 0.3) is 6.08 Å². The molecule has 0 N–H and O–H groups in total. The molecule has 0 bridgehead atoms. The molecule has 2 heteroatoms. The van der Waals surface area contributed by atoms with Crippen molar-refractivity contribution in [2.45, 2.75) is 32.1 Å². The van der Waals surface area contributed by atoms with Crippen molar-refractivity contribution in [2.24, 2.45) is 5.92 Å². The van der Waals surface area contributed by atoms with Crippen molar-refractivity contribution in [1.29, 1.82) is 0 Å². The maximum absolute atomic E-state index is 10.6. The van der Waals surface area contributed by atoms with E-state index in [0.29, 0.717) is 11.6 Å². The predicted octanol–water partition coefficient (Wildman–Crippen LogP) is 3.49. The number of hydrogen-bond donors (Lipinski definition) is 0. The molecule has 84 valence electrons. The summed E-state index contributed by atoms with van der Waals surface area (Å²) in [4.78, 5) is 14.8. The van der Waals surface area contributed by atoms with E-state index in [2.05, 4.69) is 11.1 Å². The van der Waals surface area contributed by atoms with Crippen molar-refractivity contribution in [2.75, 3.05) is 0 Å². The minimum Gasteiger partial charge on any atom is -0.296 e. The summed E-state index contributed by atoms with van der Waals surface area (Å²) in [6, 6.07) is 5.54. The molecule has 0 saturated heterocycles. The molecule has 0 aromatic carbocycles. The predicted molar refractivity (Wildman–Crippen MR) is 65.2 cm³/mol. The SMILES string of the molecule is O=Cc1cccc(/C=C/C2CCCCC2)n1. The largest absolute Gasteiger partial charge is 0.296 e. The van der Waals surface area contributed by atoms with Gasteiger partial charge in [-0.3, -0.25) is 4.79 Å². The minimum atomic E-state index is 0.505. The molecule has 0 unspecified atom stereocenters. The summed E-state index contributed by atoms with van der Waals surface area (Å²) in [5.74, 6) is 0.704. The molecule has 1 aliphatic rings. The molecular weight excluding hydrogens is 198 g/mol. The third-order valence-corrected chi connectivity index (χ3v) is 3.10. The Morgan fingerprint density at radius 2 is 1.88 bits per heavy atom. The van der Waals surface area contributed by atoms with Crippen LogP contribution in [-0.2, 0) is 0 Å². The van der Waals surface area contributed by atoms with Crippen molar-refractivity contribution >= 4 is 12.4 Å². The average Bonchev–Trinajstić information content (AvgIpc) is 2.38. The number of hydrogen-bond acceptors (Lipinski definition) is 2. The zero-order valence-corrected chi connectivity index (χ0v) is 9.43. The summed E-state index contributed by atoms with van der Waals surface area (Å²) < 4.78 is 0. The number of carbonyl (C=O) groups is 1.